The molecule has 7 heterocycles. The molecule has 1 spiro atoms. The number of fused-ring (bicyclic) bond motifs is 9. The van der Waals surface area contributed by atoms with Crippen LogP contribution in [0.5, 0.6) is 40.2 Å². The second kappa shape index (κ2) is 12.3. The Morgan fingerprint density at radius 1 is 1.02 bits per heavy atom. The van der Waals surface area contributed by atoms with Crippen molar-refractivity contribution < 1.29 is 53.3 Å². The highest BCUT2D eigenvalue weighted by molar-refractivity contribution is 7.99. The lowest BCUT2D eigenvalue weighted by Gasteiger charge is -2.59. The Morgan fingerprint density at radius 3 is 2.57 bits per heavy atom. The van der Waals surface area contributed by atoms with E-state index in [9.17, 15) is 24.9 Å². The fourth-order valence-corrected chi connectivity index (χ4v) is 11.3. The van der Waals surface area contributed by atoms with E-state index in [-0.39, 0.29) is 36.4 Å². The number of hydrogen-bond donors (Lipinski definition) is 5. The van der Waals surface area contributed by atoms with E-state index in [1.807, 2.05) is 24.8 Å². The standard InChI is InChI=1S/C38H41N3O11S/c1-15-8-19-9-21-36(45)41-22-12-49-37(46)38(20-11-24(47-4)23(43)10-18(20)6-7-39-38)13-53-35(29(41)28(40-21)25(19)30(44)31(15)48-5)27-26(22)34-33(50-14-51-34)16(2)32(27)52-17(3)42/h8,10-11,21-22,28-29,35-36,39-40,43-45H,6-7,9,12-14H2,1-5H3/t21?,22-,28?,29+,35-,36?,38?/m0/s1. The lowest BCUT2D eigenvalue weighted by atomic mass is 9.74. The SMILES string of the molecule is COc1cc2c(cc1O)CCNC21CS[C@H]2c3c(OC(C)=O)c(C)c4c(c3[C@H](COC1=O)N1C(O)C3Cc5cc(C)c(OC)c(O)c5C(N3)[C@H]21)OCO4. The van der Waals surface area contributed by atoms with E-state index in [2.05, 4.69) is 10.6 Å². The molecule has 4 unspecified atom stereocenters. The molecule has 2 fully saturated rings. The summed E-state index contributed by atoms with van der Waals surface area (Å²) in [5, 5.41) is 41.5. The molecule has 7 aliphatic heterocycles. The normalized spacial score (nSPS) is 29.4. The van der Waals surface area contributed by atoms with Crippen molar-refractivity contribution >= 4 is 23.7 Å². The minimum absolute atomic E-state index is 0.0210. The molecule has 0 saturated carbocycles. The van der Waals surface area contributed by atoms with Gasteiger partial charge >= 0.3 is 11.9 Å². The van der Waals surface area contributed by atoms with Crippen molar-refractivity contribution in [1.82, 2.24) is 15.5 Å². The average molecular weight is 748 g/mol. The second-order valence-corrected chi connectivity index (χ2v) is 15.6. The summed E-state index contributed by atoms with van der Waals surface area (Å²) in [4.78, 5) is 29.4. The number of piperazine rings is 1. The highest BCUT2D eigenvalue weighted by atomic mass is 32.2. The molecule has 10 rings (SSSR count). The maximum absolute atomic E-state index is 14.6. The van der Waals surface area contributed by atoms with Gasteiger partial charge in [0.15, 0.2) is 40.0 Å². The zero-order chi connectivity index (χ0) is 37.1. The van der Waals surface area contributed by atoms with Crippen LogP contribution in [0.4, 0.5) is 0 Å². The number of ether oxygens (including phenoxy) is 6. The number of rotatable bonds is 3. The van der Waals surface area contributed by atoms with Crippen LogP contribution in [0.25, 0.3) is 0 Å². The minimum atomic E-state index is -1.36. The number of hydrogen-bond acceptors (Lipinski definition) is 15. The summed E-state index contributed by atoms with van der Waals surface area (Å²) in [6, 6.07) is 2.99. The molecule has 3 aromatic carbocycles. The van der Waals surface area contributed by atoms with Gasteiger partial charge in [-0.25, -0.2) is 4.79 Å². The number of esters is 2. The third kappa shape index (κ3) is 4.80. The molecule has 14 nitrogen and oxygen atoms in total. The molecule has 0 aliphatic carbocycles. The van der Waals surface area contributed by atoms with Crippen molar-refractivity contribution in [3.63, 3.8) is 0 Å². The number of aliphatic hydroxyl groups is 1. The fraction of sp³-hybridized carbons (Fsp3) is 0.474. The zero-order valence-electron chi connectivity index (χ0n) is 29.9. The highest BCUT2D eigenvalue weighted by Crippen LogP contribution is 2.63. The van der Waals surface area contributed by atoms with Gasteiger partial charge < -0.3 is 49.1 Å². The molecule has 3 aromatic rings. The molecule has 0 aromatic heterocycles. The van der Waals surface area contributed by atoms with Gasteiger partial charge in [0.05, 0.1) is 37.6 Å². The topological polar surface area (TPSA) is 178 Å². The van der Waals surface area contributed by atoms with Crippen molar-refractivity contribution in [3.05, 3.63) is 62.7 Å². The summed E-state index contributed by atoms with van der Waals surface area (Å²) in [6.45, 7) is 5.23. The van der Waals surface area contributed by atoms with Crippen molar-refractivity contribution in [3.8, 4) is 40.2 Å². The minimum Gasteiger partial charge on any atom is -0.504 e. The Balaban J connectivity index is 1.31. The van der Waals surface area contributed by atoms with Crippen LogP contribution >= 0.6 is 11.8 Å². The van der Waals surface area contributed by atoms with Crippen LogP contribution in [0.3, 0.4) is 0 Å². The quantitative estimate of drug-likeness (QED) is 0.195. The first-order valence-electron chi connectivity index (χ1n) is 17.7. The van der Waals surface area contributed by atoms with E-state index < -0.39 is 53.1 Å². The number of aliphatic hydroxyl groups excluding tert-OH is 1. The molecular weight excluding hydrogens is 706 g/mol. The predicted octanol–water partition coefficient (Wildman–Crippen LogP) is 3.07. The van der Waals surface area contributed by atoms with Gasteiger partial charge in [-0.15, -0.1) is 11.8 Å². The van der Waals surface area contributed by atoms with Gasteiger partial charge in [0.25, 0.3) is 0 Å². The van der Waals surface area contributed by atoms with Gasteiger partial charge in [-0.05, 0) is 61.1 Å². The monoisotopic (exact) mass is 747 g/mol. The third-order valence-electron chi connectivity index (χ3n) is 11.8. The summed E-state index contributed by atoms with van der Waals surface area (Å²) in [7, 11) is 2.98. The van der Waals surface area contributed by atoms with Crippen LogP contribution in [0.2, 0.25) is 0 Å². The van der Waals surface area contributed by atoms with Gasteiger partial charge in [0, 0.05) is 47.5 Å². The van der Waals surface area contributed by atoms with Crippen LogP contribution in [-0.2, 0) is 32.7 Å². The third-order valence-corrected chi connectivity index (χ3v) is 13.2. The molecular formula is C38H41N3O11S. The van der Waals surface area contributed by atoms with E-state index in [0.29, 0.717) is 70.2 Å². The number of nitrogens with one attached hydrogen (secondary N) is 2. The molecule has 280 valence electrons. The van der Waals surface area contributed by atoms with Gasteiger partial charge in [0.2, 0.25) is 6.79 Å². The van der Waals surface area contributed by atoms with E-state index in [1.165, 1.54) is 32.9 Å². The van der Waals surface area contributed by atoms with Gasteiger partial charge in [0.1, 0.15) is 18.6 Å². The first kappa shape index (κ1) is 34.4. The maximum atomic E-state index is 14.6. The Kier molecular flexibility index (Phi) is 7.98. The molecule has 7 atom stereocenters. The van der Waals surface area contributed by atoms with Crippen LogP contribution in [0, 0.1) is 13.8 Å². The van der Waals surface area contributed by atoms with Gasteiger partial charge in [-0.1, -0.05) is 6.07 Å². The van der Waals surface area contributed by atoms with E-state index >= 15 is 0 Å². The Hall–Kier alpha value is -4.41. The summed E-state index contributed by atoms with van der Waals surface area (Å²) < 4.78 is 35.8. The Labute approximate surface area is 309 Å². The molecule has 15 heteroatoms. The molecule has 0 radical (unpaired) electrons. The number of aromatic hydroxyl groups is 2. The number of carbonyl (C=O) groups excluding carboxylic acids is 2. The second-order valence-electron chi connectivity index (χ2n) is 14.5. The number of carbonyl (C=O) groups is 2. The van der Waals surface area contributed by atoms with Crippen molar-refractivity contribution in [2.24, 2.45) is 0 Å². The van der Waals surface area contributed by atoms with Crippen LogP contribution in [0.1, 0.15) is 68.8 Å². The Morgan fingerprint density at radius 2 is 1.81 bits per heavy atom. The number of methoxy groups -OCH3 is 2. The van der Waals surface area contributed by atoms with Gasteiger partial charge in [-0.2, -0.15) is 0 Å². The van der Waals surface area contributed by atoms with Crippen molar-refractivity contribution in [2.75, 3.05) is 39.9 Å². The van der Waals surface area contributed by atoms with E-state index in [0.717, 1.165) is 16.7 Å². The first-order valence-corrected chi connectivity index (χ1v) is 18.7. The largest absolute Gasteiger partial charge is 0.504 e. The summed E-state index contributed by atoms with van der Waals surface area (Å²) in [6.07, 6.45) is -0.0673. The smallest absolute Gasteiger partial charge is 0.331 e. The van der Waals surface area contributed by atoms with Crippen LogP contribution in [0.15, 0.2) is 18.2 Å². The number of thioether (sulfide) groups is 1. The maximum Gasteiger partial charge on any atom is 0.331 e. The summed E-state index contributed by atoms with van der Waals surface area (Å²) in [5.41, 5.74) is 4.27. The molecule has 0 amide bonds. The molecule has 2 saturated heterocycles. The van der Waals surface area contributed by atoms with E-state index in [4.69, 9.17) is 28.4 Å². The number of phenolic OH excluding ortho intramolecular Hbond substituents is 2. The number of benzene rings is 3. The first-order chi connectivity index (χ1) is 25.5. The van der Waals surface area contributed by atoms with Gasteiger partial charge in [-0.3, -0.25) is 15.0 Å². The fourth-order valence-electron chi connectivity index (χ4n) is 9.60. The van der Waals surface area contributed by atoms with E-state index in [1.54, 1.807) is 12.1 Å². The summed E-state index contributed by atoms with van der Waals surface area (Å²) in [5.74, 6) is 0.890. The molecule has 5 N–H and O–H groups in total. The van der Waals surface area contributed by atoms with Crippen LogP contribution in [-0.4, -0.2) is 90.4 Å². The van der Waals surface area contributed by atoms with Crippen LogP contribution < -0.4 is 34.3 Å². The number of nitrogens with zero attached hydrogens (tertiary/aromatic N) is 1. The molecule has 4 bridgehead atoms. The lowest BCUT2D eigenvalue weighted by Crippen LogP contribution is -2.69. The zero-order valence-corrected chi connectivity index (χ0v) is 30.7. The Bertz CT molecular complexity index is 2090. The summed E-state index contributed by atoms with van der Waals surface area (Å²) >= 11 is 1.45. The molecule has 53 heavy (non-hydrogen) atoms. The van der Waals surface area contributed by atoms with Crippen molar-refractivity contribution in [2.45, 2.75) is 74.8 Å². The highest BCUT2D eigenvalue weighted by Gasteiger charge is 2.60. The number of phenols is 2. The number of aryl methyl sites for hydroxylation is 1. The lowest BCUT2D eigenvalue weighted by molar-refractivity contribution is -0.164. The predicted molar refractivity (Wildman–Crippen MR) is 190 cm³/mol. The average Bonchev–Trinajstić information content (AvgIpc) is 3.63. The van der Waals surface area contributed by atoms with Crippen molar-refractivity contribution in [1.29, 1.82) is 0 Å². The molecule has 7 aliphatic rings.